The predicted octanol–water partition coefficient (Wildman–Crippen LogP) is 4.25. The van der Waals surface area contributed by atoms with Crippen molar-refractivity contribution in [2.45, 2.75) is 63.9 Å². The highest BCUT2D eigenvalue weighted by Crippen LogP contribution is 2.48. The molecule has 0 aliphatic carbocycles. The van der Waals surface area contributed by atoms with Crippen LogP contribution in [-0.4, -0.2) is 26.7 Å². The molecule has 0 saturated carbocycles. The molecular formula is C26H24N2O5S. The third kappa shape index (κ3) is 2.72. The van der Waals surface area contributed by atoms with Crippen LogP contribution in [-0.2, 0) is 28.3 Å². The van der Waals surface area contributed by atoms with Crippen molar-refractivity contribution in [2.75, 3.05) is 0 Å². The van der Waals surface area contributed by atoms with Crippen molar-refractivity contribution in [3.8, 4) is 17.1 Å². The number of aliphatic hydroxyl groups is 1. The number of pyridine rings is 2. The summed E-state index contributed by atoms with van der Waals surface area (Å²) in [4.78, 5) is 31.9. The van der Waals surface area contributed by atoms with Crippen molar-refractivity contribution in [3.05, 3.63) is 55.7 Å². The lowest BCUT2D eigenvalue weighted by molar-refractivity contribution is -0.172. The number of fused-ring (bicyclic) bond motifs is 5. The minimum atomic E-state index is -1.83. The highest BCUT2D eigenvalue weighted by atomic mass is 32.2. The number of thioether (sulfide) groups is 1. The molecule has 2 aromatic heterocycles. The molecule has 1 N–H and O–H groups in total. The number of carbonyl (C=O) groups is 1. The van der Waals surface area contributed by atoms with Crippen molar-refractivity contribution >= 4 is 34.7 Å². The van der Waals surface area contributed by atoms with E-state index in [0.29, 0.717) is 29.1 Å². The van der Waals surface area contributed by atoms with Crippen molar-refractivity contribution < 1.29 is 19.4 Å². The topological polar surface area (TPSA) is 90.7 Å². The predicted molar refractivity (Wildman–Crippen MR) is 130 cm³/mol. The molecule has 5 heterocycles. The summed E-state index contributed by atoms with van der Waals surface area (Å²) < 4.78 is 13.0. The number of aromatic nitrogens is 2. The van der Waals surface area contributed by atoms with Gasteiger partial charge in [-0.3, -0.25) is 4.79 Å². The zero-order valence-electron chi connectivity index (χ0n) is 19.4. The fourth-order valence-corrected chi connectivity index (χ4v) is 6.19. The van der Waals surface area contributed by atoms with Gasteiger partial charge in [-0.2, -0.15) is 0 Å². The van der Waals surface area contributed by atoms with Crippen molar-refractivity contribution in [1.29, 1.82) is 0 Å². The molecule has 7 nitrogen and oxygen atoms in total. The van der Waals surface area contributed by atoms with Gasteiger partial charge in [0.15, 0.2) is 5.60 Å². The number of carbonyl (C=O) groups excluding carboxylic acids is 1. The standard InChI is InChI=1S/C26H24N2O5S/c1-5-26(31)17-9-19-21-15(10-28(19)24(29)16(17)11-32-25(26)30)14-6-7-34-23-20(14)18(27-21)8-13(4)22(23)33-12(2)3/h6-9,12,31H,5,10-11H2,1-4H3/t26-/m0/s1. The van der Waals surface area contributed by atoms with Crippen LogP contribution < -0.4 is 10.3 Å². The Bertz CT molecular complexity index is 1520. The molecule has 0 radical (unpaired) electrons. The second-order valence-corrected chi connectivity index (χ2v) is 10.2. The molecule has 0 amide bonds. The van der Waals surface area contributed by atoms with E-state index in [2.05, 4.69) is 6.08 Å². The average Bonchev–Trinajstić information content (AvgIpc) is 3.18. The Morgan fingerprint density at radius 2 is 2.09 bits per heavy atom. The maximum atomic E-state index is 13.5. The van der Waals surface area contributed by atoms with Crippen LogP contribution in [0.25, 0.3) is 28.4 Å². The zero-order chi connectivity index (χ0) is 23.9. The summed E-state index contributed by atoms with van der Waals surface area (Å²) in [5.41, 5.74) is 3.71. The maximum Gasteiger partial charge on any atom is 0.343 e. The highest BCUT2D eigenvalue weighted by Gasteiger charge is 2.45. The second-order valence-electron chi connectivity index (χ2n) is 9.29. The number of hydrogen-bond acceptors (Lipinski definition) is 7. The number of hydrogen-bond donors (Lipinski definition) is 1. The van der Waals surface area contributed by atoms with Crippen LogP contribution >= 0.6 is 11.8 Å². The van der Waals surface area contributed by atoms with Crippen LogP contribution in [0, 0.1) is 6.92 Å². The Labute approximate surface area is 200 Å². The fraction of sp³-hybridized carbons (Fsp3) is 0.346. The summed E-state index contributed by atoms with van der Waals surface area (Å²) in [5.74, 6) is 0.149. The Morgan fingerprint density at radius 3 is 2.82 bits per heavy atom. The van der Waals surface area contributed by atoms with Crippen LogP contribution in [0.4, 0.5) is 0 Å². The van der Waals surface area contributed by atoms with E-state index in [1.807, 2.05) is 32.2 Å². The SMILES string of the molecule is CC[C@@]1(O)C(=O)OCc2c1cc1n(c2=O)Cc2c-1nc1cc(C)c(OC(C)C)c3c1c2C=CS3. The van der Waals surface area contributed by atoms with Gasteiger partial charge in [-0.1, -0.05) is 18.7 Å². The van der Waals surface area contributed by atoms with Crippen LogP contribution in [0.15, 0.2) is 27.2 Å². The fourth-order valence-electron chi connectivity index (χ4n) is 5.20. The average molecular weight is 477 g/mol. The molecule has 3 aliphatic heterocycles. The van der Waals surface area contributed by atoms with E-state index in [1.165, 1.54) is 0 Å². The second kappa shape index (κ2) is 7.20. The lowest BCUT2D eigenvalue weighted by Crippen LogP contribution is -2.44. The van der Waals surface area contributed by atoms with E-state index in [4.69, 9.17) is 14.5 Å². The van der Waals surface area contributed by atoms with Gasteiger partial charge in [0.1, 0.15) is 12.4 Å². The van der Waals surface area contributed by atoms with Gasteiger partial charge in [0.05, 0.1) is 40.0 Å². The van der Waals surface area contributed by atoms with Crippen LogP contribution in [0.5, 0.6) is 5.75 Å². The van der Waals surface area contributed by atoms with Gasteiger partial charge < -0.3 is 19.1 Å². The molecular weight excluding hydrogens is 452 g/mol. The van der Waals surface area contributed by atoms with Gasteiger partial charge in [0.2, 0.25) is 0 Å². The van der Waals surface area contributed by atoms with Gasteiger partial charge in [-0.05, 0) is 61.9 Å². The maximum absolute atomic E-state index is 13.5. The molecule has 6 rings (SSSR count). The quantitative estimate of drug-likeness (QED) is 0.442. The van der Waals surface area contributed by atoms with Crippen molar-refractivity contribution in [1.82, 2.24) is 9.55 Å². The molecule has 3 aromatic rings. The van der Waals surface area contributed by atoms with E-state index >= 15 is 0 Å². The largest absolute Gasteiger partial charge is 0.490 e. The molecule has 0 bridgehead atoms. The zero-order valence-corrected chi connectivity index (χ0v) is 20.2. The molecule has 0 unspecified atom stereocenters. The van der Waals surface area contributed by atoms with Crippen LogP contribution in [0.2, 0.25) is 0 Å². The minimum absolute atomic E-state index is 0.0427. The molecule has 174 valence electrons. The summed E-state index contributed by atoms with van der Waals surface area (Å²) in [7, 11) is 0. The number of ether oxygens (including phenoxy) is 2. The third-order valence-electron chi connectivity index (χ3n) is 6.89. The number of aryl methyl sites for hydroxylation is 1. The highest BCUT2D eigenvalue weighted by molar-refractivity contribution is 8.02. The van der Waals surface area contributed by atoms with E-state index in [0.717, 1.165) is 38.2 Å². The van der Waals surface area contributed by atoms with E-state index in [1.54, 1.807) is 29.3 Å². The Hall–Kier alpha value is -3.10. The first-order valence-electron chi connectivity index (χ1n) is 11.4. The van der Waals surface area contributed by atoms with Gasteiger partial charge in [-0.25, -0.2) is 9.78 Å². The summed E-state index contributed by atoms with van der Waals surface area (Å²) in [6.45, 7) is 7.98. The van der Waals surface area contributed by atoms with Gasteiger partial charge >= 0.3 is 5.97 Å². The smallest absolute Gasteiger partial charge is 0.343 e. The molecule has 1 atom stereocenters. The molecule has 8 heteroatoms. The van der Waals surface area contributed by atoms with Gasteiger partial charge in [0.25, 0.3) is 5.56 Å². The first-order chi connectivity index (χ1) is 16.2. The Morgan fingerprint density at radius 1 is 1.29 bits per heavy atom. The number of nitrogens with zero attached hydrogens (tertiary/aromatic N) is 2. The van der Waals surface area contributed by atoms with Crippen LogP contribution in [0.1, 0.15) is 55.0 Å². The van der Waals surface area contributed by atoms with Crippen molar-refractivity contribution in [3.63, 3.8) is 0 Å². The first kappa shape index (κ1) is 21.4. The molecule has 0 fully saturated rings. The normalized spacial score (nSPS) is 19.8. The van der Waals surface area contributed by atoms with E-state index < -0.39 is 11.6 Å². The van der Waals surface area contributed by atoms with Gasteiger partial charge in [-0.15, -0.1) is 0 Å². The van der Waals surface area contributed by atoms with E-state index in [-0.39, 0.29) is 24.7 Å². The minimum Gasteiger partial charge on any atom is -0.490 e. The Balaban J connectivity index is 1.64. The Kier molecular flexibility index (Phi) is 4.54. The van der Waals surface area contributed by atoms with Crippen molar-refractivity contribution in [2.24, 2.45) is 0 Å². The molecule has 3 aliphatic rings. The summed E-state index contributed by atoms with van der Waals surface area (Å²) >= 11 is 1.62. The molecule has 1 aromatic carbocycles. The molecule has 34 heavy (non-hydrogen) atoms. The number of benzene rings is 1. The summed E-state index contributed by atoms with van der Waals surface area (Å²) in [6, 6.07) is 3.78. The lowest BCUT2D eigenvalue weighted by atomic mass is 9.86. The summed E-state index contributed by atoms with van der Waals surface area (Å²) in [6.07, 6.45) is 2.23. The lowest BCUT2D eigenvalue weighted by Gasteiger charge is -2.31. The van der Waals surface area contributed by atoms with Crippen LogP contribution in [0.3, 0.4) is 0 Å². The van der Waals surface area contributed by atoms with Gasteiger partial charge in [0, 0.05) is 16.5 Å². The number of esters is 1. The summed E-state index contributed by atoms with van der Waals surface area (Å²) in [5, 5.41) is 14.2. The monoisotopic (exact) mass is 476 g/mol. The third-order valence-corrected chi connectivity index (χ3v) is 7.79. The number of cyclic esters (lactones) is 1. The van der Waals surface area contributed by atoms with E-state index in [9.17, 15) is 14.7 Å². The first-order valence-corrected chi connectivity index (χ1v) is 12.3. The molecule has 0 spiro atoms. The molecule has 0 saturated heterocycles. The number of rotatable bonds is 3.